The molecule has 0 saturated carbocycles. The molecule has 112 valence electrons. The molecule has 3 rings (SSSR count). The zero-order chi connectivity index (χ0) is 14.8. The summed E-state index contributed by atoms with van der Waals surface area (Å²) >= 11 is 0. The van der Waals surface area contributed by atoms with E-state index in [2.05, 4.69) is 9.88 Å². The van der Waals surface area contributed by atoms with E-state index in [0.29, 0.717) is 23.3 Å². The molecule has 1 saturated heterocycles. The number of benzene rings is 1. The lowest BCUT2D eigenvalue weighted by Gasteiger charge is -2.38. The fourth-order valence-electron chi connectivity index (χ4n) is 3.24. The van der Waals surface area contributed by atoms with Gasteiger partial charge in [-0.25, -0.2) is 4.39 Å². The Morgan fingerprint density at radius 1 is 1.43 bits per heavy atom. The molecule has 2 aromatic rings. The van der Waals surface area contributed by atoms with Gasteiger partial charge in [0, 0.05) is 36.5 Å². The molecule has 0 radical (unpaired) electrons. The number of halogens is 1. The molecule has 0 bridgehead atoms. The quantitative estimate of drug-likeness (QED) is 0.853. The number of hydrogen-bond acceptors (Lipinski definition) is 4. The standard InChI is InChI=1S/C16H20FN3O/c17-13-10-14(18)12-5-3-7-19-15(12)16(13)20-8-2-1-4-11(20)6-9-21/h3,5,7,10-11,21H,1-2,4,6,8-9,18H2. The highest BCUT2D eigenvalue weighted by Gasteiger charge is 2.27. The van der Waals surface area contributed by atoms with Crippen LogP contribution in [0.15, 0.2) is 24.4 Å². The highest BCUT2D eigenvalue weighted by atomic mass is 19.1. The zero-order valence-electron chi connectivity index (χ0n) is 11.9. The van der Waals surface area contributed by atoms with E-state index in [1.165, 1.54) is 6.07 Å². The maximum absolute atomic E-state index is 14.6. The summed E-state index contributed by atoms with van der Waals surface area (Å²) in [5.74, 6) is -0.330. The summed E-state index contributed by atoms with van der Waals surface area (Å²) in [6, 6.07) is 5.21. The summed E-state index contributed by atoms with van der Waals surface area (Å²) in [7, 11) is 0. The van der Waals surface area contributed by atoms with Crippen LogP contribution in [0.1, 0.15) is 25.7 Å². The van der Waals surface area contributed by atoms with Crippen molar-refractivity contribution in [3.63, 3.8) is 0 Å². The number of aliphatic hydroxyl groups excluding tert-OH is 1. The summed E-state index contributed by atoms with van der Waals surface area (Å²) in [5, 5.41) is 10.0. The van der Waals surface area contributed by atoms with Gasteiger partial charge < -0.3 is 15.7 Å². The maximum Gasteiger partial charge on any atom is 0.150 e. The van der Waals surface area contributed by atoms with Crippen LogP contribution in [0.5, 0.6) is 0 Å². The predicted octanol–water partition coefficient (Wildman–Crippen LogP) is 2.70. The van der Waals surface area contributed by atoms with Crippen molar-refractivity contribution < 1.29 is 9.50 Å². The molecule has 4 nitrogen and oxygen atoms in total. The number of hydrogen-bond donors (Lipinski definition) is 2. The number of nitrogens with two attached hydrogens (primary N) is 1. The number of piperidine rings is 1. The van der Waals surface area contributed by atoms with Crippen molar-refractivity contribution in [1.82, 2.24) is 4.98 Å². The molecule has 1 aliphatic rings. The first-order valence-electron chi connectivity index (χ1n) is 7.42. The third kappa shape index (κ3) is 2.53. The molecule has 0 amide bonds. The van der Waals surface area contributed by atoms with Gasteiger partial charge in [0.2, 0.25) is 0 Å². The van der Waals surface area contributed by atoms with Gasteiger partial charge in [-0.15, -0.1) is 0 Å². The molecule has 1 aromatic heterocycles. The molecule has 5 heteroatoms. The van der Waals surface area contributed by atoms with Gasteiger partial charge in [-0.2, -0.15) is 0 Å². The Hall–Kier alpha value is -1.88. The second kappa shape index (κ2) is 5.85. The van der Waals surface area contributed by atoms with Crippen LogP contribution in [0.2, 0.25) is 0 Å². The molecule has 1 fully saturated rings. The first kappa shape index (κ1) is 14.1. The number of nitrogens with zero attached hydrogens (tertiary/aromatic N) is 2. The molecule has 1 atom stereocenters. The van der Waals surface area contributed by atoms with E-state index in [4.69, 9.17) is 5.73 Å². The molecule has 0 aliphatic carbocycles. The van der Waals surface area contributed by atoms with Crippen molar-refractivity contribution in [2.24, 2.45) is 0 Å². The largest absolute Gasteiger partial charge is 0.398 e. The second-order valence-electron chi connectivity index (χ2n) is 5.55. The van der Waals surface area contributed by atoms with Crippen LogP contribution in [0, 0.1) is 5.82 Å². The van der Waals surface area contributed by atoms with Gasteiger partial charge >= 0.3 is 0 Å². The molecule has 1 aromatic carbocycles. The average molecular weight is 289 g/mol. The first-order valence-corrected chi connectivity index (χ1v) is 7.42. The van der Waals surface area contributed by atoms with Gasteiger partial charge in [0.1, 0.15) is 5.69 Å². The monoisotopic (exact) mass is 289 g/mol. The van der Waals surface area contributed by atoms with E-state index >= 15 is 0 Å². The normalized spacial score (nSPS) is 19.1. The van der Waals surface area contributed by atoms with Gasteiger partial charge in [0.15, 0.2) is 5.82 Å². The number of pyridine rings is 1. The number of aromatic nitrogens is 1. The molecule has 21 heavy (non-hydrogen) atoms. The number of rotatable bonds is 3. The van der Waals surface area contributed by atoms with E-state index in [1.54, 1.807) is 6.20 Å². The highest BCUT2D eigenvalue weighted by Crippen LogP contribution is 2.36. The summed E-state index contributed by atoms with van der Waals surface area (Å²) in [5.41, 5.74) is 7.46. The van der Waals surface area contributed by atoms with Crippen LogP contribution in [0.25, 0.3) is 10.9 Å². The lowest BCUT2D eigenvalue weighted by atomic mass is 9.97. The van der Waals surface area contributed by atoms with E-state index in [0.717, 1.165) is 31.2 Å². The van der Waals surface area contributed by atoms with Gasteiger partial charge in [0.25, 0.3) is 0 Å². The smallest absolute Gasteiger partial charge is 0.150 e. The van der Waals surface area contributed by atoms with Crippen LogP contribution in [0.3, 0.4) is 0 Å². The van der Waals surface area contributed by atoms with Crippen molar-refractivity contribution >= 4 is 22.3 Å². The SMILES string of the molecule is Nc1cc(F)c(N2CCCCC2CCO)c2ncccc12. The van der Waals surface area contributed by atoms with Gasteiger partial charge in [0.05, 0.1) is 5.52 Å². The van der Waals surface area contributed by atoms with Crippen molar-refractivity contribution in [2.75, 3.05) is 23.8 Å². The van der Waals surface area contributed by atoms with Crippen LogP contribution in [0.4, 0.5) is 15.8 Å². The Labute approximate surface area is 123 Å². The lowest BCUT2D eigenvalue weighted by Crippen LogP contribution is -2.40. The third-order valence-electron chi connectivity index (χ3n) is 4.23. The first-order chi connectivity index (χ1) is 10.2. The molecule has 2 heterocycles. The number of anilines is 2. The average Bonchev–Trinajstić information content (AvgIpc) is 2.49. The Morgan fingerprint density at radius 2 is 2.29 bits per heavy atom. The molecule has 0 spiro atoms. The van der Waals surface area contributed by atoms with E-state index in [1.807, 2.05) is 12.1 Å². The lowest BCUT2D eigenvalue weighted by molar-refractivity contribution is 0.262. The van der Waals surface area contributed by atoms with Gasteiger partial charge in [-0.3, -0.25) is 4.98 Å². The molecule has 3 N–H and O–H groups in total. The second-order valence-corrected chi connectivity index (χ2v) is 5.55. The van der Waals surface area contributed by atoms with Crippen molar-refractivity contribution in [3.05, 3.63) is 30.2 Å². The Balaban J connectivity index is 2.14. The molecular formula is C16H20FN3O. The summed E-state index contributed by atoms with van der Waals surface area (Å²) in [6.07, 6.45) is 5.43. The highest BCUT2D eigenvalue weighted by molar-refractivity contribution is 5.99. The van der Waals surface area contributed by atoms with Crippen molar-refractivity contribution in [1.29, 1.82) is 0 Å². The van der Waals surface area contributed by atoms with E-state index in [9.17, 15) is 9.50 Å². The third-order valence-corrected chi connectivity index (χ3v) is 4.23. The maximum atomic E-state index is 14.6. The summed E-state index contributed by atoms with van der Waals surface area (Å²) in [4.78, 5) is 6.41. The summed E-state index contributed by atoms with van der Waals surface area (Å²) < 4.78 is 14.6. The molecule has 1 aliphatic heterocycles. The van der Waals surface area contributed by atoms with Crippen molar-refractivity contribution in [3.8, 4) is 0 Å². The van der Waals surface area contributed by atoms with E-state index < -0.39 is 0 Å². The number of fused-ring (bicyclic) bond motifs is 1. The topological polar surface area (TPSA) is 62.4 Å². The zero-order valence-corrected chi connectivity index (χ0v) is 11.9. The molecular weight excluding hydrogens is 269 g/mol. The summed E-state index contributed by atoms with van der Waals surface area (Å²) in [6.45, 7) is 0.903. The number of nitrogen functional groups attached to an aromatic ring is 1. The van der Waals surface area contributed by atoms with Crippen molar-refractivity contribution in [2.45, 2.75) is 31.7 Å². The Morgan fingerprint density at radius 3 is 3.10 bits per heavy atom. The fourth-order valence-corrected chi connectivity index (χ4v) is 3.24. The Bertz CT molecular complexity index is 645. The van der Waals surface area contributed by atoms with Gasteiger partial charge in [-0.05, 0) is 43.9 Å². The van der Waals surface area contributed by atoms with Crippen LogP contribution in [-0.4, -0.2) is 29.3 Å². The number of aliphatic hydroxyl groups is 1. The van der Waals surface area contributed by atoms with E-state index in [-0.39, 0.29) is 18.5 Å². The van der Waals surface area contributed by atoms with Gasteiger partial charge in [-0.1, -0.05) is 0 Å². The fraction of sp³-hybridized carbons (Fsp3) is 0.438. The molecule has 1 unspecified atom stereocenters. The minimum Gasteiger partial charge on any atom is -0.398 e. The van der Waals surface area contributed by atoms with Crippen LogP contribution < -0.4 is 10.6 Å². The minimum atomic E-state index is -0.330. The Kier molecular flexibility index (Phi) is 3.92. The predicted molar refractivity (Wildman–Crippen MR) is 82.8 cm³/mol. The van der Waals surface area contributed by atoms with Crippen LogP contribution >= 0.6 is 0 Å². The van der Waals surface area contributed by atoms with Crippen LogP contribution in [-0.2, 0) is 0 Å². The minimum absolute atomic E-state index is 0.114.